The van der Waals surface area contributed by atoms with Crippen molar-refractivity contribution >= 4 is 12.3 Å². The zero-order valence-corrected chi connectivity index (χ0v) is 11.6. The minimum atomic E-state index is -0.148. The Bertz CT molecular complexity index is 639. The molecule has 0 spiro atoms. The molecule has 1 aliphatic rings. The van der Waals surface area contributed by atoms with Crippen LogP contribution in [0.3, 0.4) is 0 Å². The third kappa shape index (κ3) is 2.42. The molecule has 0 bridgehead atoms. The average Bonchev–Trinajstić information content (AvgIpc) is 3.16. The molecule has 1 saturated heterocycles. The molecule has 7 nitrogen and oxygen atoms in total. The molecule has 0 radical (unpaired) electrons. The van der Waals surface area contributed by atoms with Gasteiger partial charge < -0.3 is 18.7 Å². The number of hydrogen-bond acceptors (Lipinski definition) is 5. The van der Waals surface area contributed by atoms with Crippen molar-refractivity contribution in [3.05, 3.63) is 29.7 Å². The van der Waals surface area contributed by atoms with Crippen LogP contribution in [0, 0.1) is 6.92 Å². The lowest BCUT2D eigenvalue weighted by molar-refractivity contribution is -0.119. The van der Waals surface area contributed by atoms with Crippen molar-refractivity contribution in [1.82, 2.24) is 15.0 Å². The molecule has 0 aromatic carbocycles. The maximum Gasteiger partial charge on any atom is 0.259 e. The van der Waals surface area contributed by atoms with Crippen LogP contribution >= 0.6 is 0 Å². The second-order valence-electron chi connectivity index (χ2n) is 4.87. The van der Waals surface area contributed by atoms with E-state index in [4.69, 9.17) is 8.94 Å². The molecule has 3 heterocycles. The van der Waals surface area contributed by atoms with Crippen LogP contribution in [0.4, 0.5) is 0 Å². The largest absolute Gasteiger partial charge is 0.463 e. The van der Waals surface area contributed by atoms with Gasteiger partial charge in [-0.2, -0.15) is 0 Å². The lowest BCUT2D eigenvalue weighted by Gasteiger charge is -2.32. The molecule has 0 atom stereocenters. The van der Waals surface area contributed by atoms with E-state index in [-0.39, 0.29) is 5.91 Å². The number of amides is 2. The zero-order chi connectivity index (χ0) is 14.8. The highest BCUT2D eigenvalue weighted by molar-refractivity contribution is 6.00. The Kier molecular flexibility index (Phi) is 3.47. The van der Waals surface area contributed by atoms with Crippen LogP contribution < -0.4 is 0 Å². The lowest BCUT2D eigenvalue weighted by Crippen LogP contribution is -2.48. The van der Waals surface area contributed by atoms with Gasteiger partial charge in [0.15, 0.2) is 11.5 Å². The van der Waals surface area contributed by atoms with Crippen molar-refractivity contribution in [2.24, 2.45) is 0 Å². The second kappa shape index (κ2) is 5.43. The summed E-state index contributed by atoms with van der Waals surface area (Å²) in [5, 5.41) is 3.92. The number of aryl methyl sites for hydroxylation is 1. The van der Waals surface area contributed by atoms with Crippen molar-refractivity contribution in [3.8, 4) is 11.5 Å². The topological polar surface area (TPSA) is 79.8 Å². The van der Waals surface area contributed by atoms with Crippen molar-refractivity contribution in [2.75, 3.05) is 26.2 Å². The van der Waals surface area contributed by atoms with Gasteiger partial charge in [0.25, 0.3) is 5.91 Å². The first kappa shape index (κ1) is 13.4. The molecule has 0 N–H and O–H groups in total. The van der Waals surface area contributed by atoms with Crippen LogP contribution in [-0.4, -0.2) is 53.5 Å². The molecule has 1 aliphatic heterocycles. The van der Waals surface area contributed by atoms with Gasteiger partial charge in [0.05, 0.1) is 6.26 Å². The first-order valence-electron chi connectivity index (χ1n) is 6.69. The Morgan fingerprint density at radius 2 is 2.10 bits per heavy atom. The molecule has 2 aromatic heterocycles. The molecular weight excluding hydrogens is 274 g/mol. The van der Waals surface area contributed by atoms with E-state index in [9.17, 15) is 9.59 Å². The predicted octanol–water partition coefficient (Wildman–Crippen LogP) is 1.16. The lowest BCUT2D eigenvalue weighted by atomic mass is 10.1. The normalized spacial score (nSPS) is 15.3. The number of carbonyl (C=O) groups excluding carboxylic acids is 2. The molecule has 0 unspecified atom stereocenters. The van der Waals surface area contributed by atoms with Crippen LogP contribution in [0.5, 0.6) is 0 Å². The van der Waals surface area contributed by atoms with Gasteiger partial charge in [-0.15, -0.1) is 0 Å². The second-order valence-corrected chi connectivity index (χ2v) is 4.87. The molecule has 1 fully saturated rings. The van der Waals surface area contributed by atoms with E-state index < -0.39 is 0 Å². The Labute approximate surface area is 121 Å². The monoisotopic (exact) mass is 289 g/mol. The van der Waals surface area contributed by atoms with Crippen molar-refractivity contribution in [2.45, 2.75) is 6.92 Å². The van der Waals surface area contributed by atoms with Crippen LogP contribution in [0.15, 0.2) is 27.3 Å². The number of aromatic nitrogens is 1. The van der Waals surface area contributed by atoms with Crippen LogP contribution in [0.2, 0.25) is 0 Å². The molecular formula is C14H15N3O4. The van der Waals surface area contributed by atoms with Gasteiger partial charge >= 0.3 is 0 Å². The summed E-state index contributed by atoms with van der Waals surface area (Å²) in [6, 6.07) is 3.47. The Morgan fingerprint density at radius 1 is 1.33 bits per heavy atom. The maximum atomic E-state index is 12.7. The number of piperazine rings is 1. The van der Waals surface area contributed by atoms with E-state index >= 15 is 0 Å². The molecule has 2 amide bonds. The highest BCUT2D eigenvalue weighted by atomic mass is 16.5. The standard InChI is InChI=1S/C14H15N3O4/c1-10-12(13(15-21-10)11-3-2-8-20-11)14(19)17-6-4-16(9-18)5-7-17/h2-3,8-9H,4-7H2,1H3. The van der Waals surface area contributed by atoms with Crippen LogP contribution in [0.1, 0.15) is 16.1 Å². The molecule has 0 aliphatic carbocycles. The smallest absolute Gasteiger partial charge is 0.259 e. The highest BCUT2D eigenvalue weighted by Gasteiger charge is 2.29. The number of carbonyl (C=O) groups is 2. The summed E-state index contributed by atoms with van der Waals surface area (Å²) in [5.41, 5.74) is 0.838. The minimum Gasteiger partial charge on any atom is -0.463 e. The molecule has 7 heteroatoms. The maximum absolute atomic E-state index is 12.7. The fraction of sp³-hybridized carbons (Fsp3) is 0.357. The van der Waals surface area contributed by atoms with E-state index in [0.29, 0.717) is 49.0 Å². The van der Waals surface area contributed by atoms with Crippen LogP contribution in [0.25, 0.3) is 11.5 Å². The van der Waals surface area contributed by atoms with Gasteiger partial charge in [0, 0.05) is 26.2 Å². The van der Waals surface area contributed by atoms with Gasteiger partial charge in [0.1, 0.15) is 11.3 Å². The Hall–Kier alpha value is -2.57. The summed E-state index contributed by atoms with van der Waals surface area (Å²) in [6.07, 6.45) is 2.33. The fourth-order valence-electron chi connectivity index (χ4n) is 2.39. The summed E-state index contributed by atoms with van der Waals surface area (Å²) in [6.45, 7) is 3.78. The van der Waals surface area contributed by atoms with Gasteiger partial charge in [-0.25, -0.2) is 0 Å². The van der Waals surface area contributed by atoms with Crippen molar-refractivity contribution < 1.29 is 18.5 Å². The third-order valence-electron chi connectivity index (χ3n) is 3.58. The summed E-state index contributed by atoms with van der Waals surface area (Å²) >= 11 is 0. The summed E-state index contributed by atoms with van der Waals surface area (Å²) < 4.78 is 10.4. The number of rotatable bonds is 3. The number of hydrogen-bond donors (Lipinski definition) is 0. The quantitative estimate of drug-likeness (QED) is 0.792. The van der Waals surface area contributed by atoms with Crippen LogP contribution in [-0.2, 0) is 4.79 Å². The predicted molar refractivity (Wildman–Crippen MR) is 72.5 cm³/mol. The third-order valence-corrected chi connectivity index (χ3v) is 3.58. The molecule has 0 saturated carbocycles. The zero-order valence-electron chi connectivity index (χ0n) is 11.6. The average molecular weight is 289 g/mol. The summed E-state index contributed by atoms with van der Waals surface area (Å²) in [4.78, 5) is 26.7. The van der Waals surface area contributed by atoms with Gasteiger partial charge in [-0.05, 0) is 19.1 Å². The highest BCUT2D eigenvalue weighted by Crippen LogP contribution is 2.27. The Morgan fingerprint density at radius 3 is 2.71 bits per heavy atom. The van der Waals surface area contributed by atoms with Crippen molar-refractivity contribution in [3.63, 3.8) is 0 Å². The first-order chi connectivity index (χ1) is 10.2. The van der Waals surface area contributed by atoms with Crippen molar-refractivity contribution in [1.29, 1.82) is 0 Å². The molecule has 2 aromatic rings. The van der Waals surface area contributed by atoms with Gasteiger partial charge in [-0.1, -0.05) is 5.16 Å². The Balaban J connectivity index is 1.85. The van der Waals surface area contributed by atoms with E-state index in [1.807, 2.05) is 0 Å². The number of furan rings is 1. The van der Waals surface area contributed by atoms with E-state index in [1.165, 1.54) is 6.26 Å². The van der Waals surface area contributed by atoms with E-state index in [1.54, 1.807) is 28.9 Å². The number of nitrogens with zero attached hydrogens (tertiary/aromatic N) is 3. The van der Waals surface area contributed by atoms with Gasteiger partial charge in [-0.3, -0.25) is 9.59 Å². The summed E-state index contributed by atoms with van der Waals surface area (Å²) in [5.74, 6) is 0.816. The fourth-order valence-corrected chi connectivity index (χ4v) is 2.39. The van der Waals surface area contributed by atoms with Gasteiger partial charge in [0.2, 0.25) is 6.41 Å². The molecule has 110 valence electrons. The van der Waals surface area contributed by atoms with E-state index in [0.717, 1.165) is 6.41 Å². The van der Waals surface area contributed by atoms with E-state index in [2.05, 4.69) is 5.16 Å². The summed E-state index contributed by atoms with van der Waals surface area (Å²) in [7, 11) is 0. The molecule has 3 rings (SSSR count). The molecule has 21 heavy (non-hydrogen) atoms. The SMILES string of the molecule is Cc1onc(-c2ccco2)c1C(=O)N1CCN(C=O)CC1. The minimum absolute atomic E-state index is 0.148. The first-order valence-corrected chi connectivity index (χ1v) is 6.69.